The van der Waals surface area contributed by atoms with Gasteiger partial charge in [0.1, 0.15) is 0 Å². The number of hydrogen-bond donors (Lipinski definition) is 3. The molecular weight excluding hydrogens is 386 g/mol. The molecule has 6 heteroatoms. The third-order valence-electron chi connectivity index (χ3n) is 4.35. The first kappa shape index (κ1) is 20.5. The van der Waals surface area contributed by atoms with Crippen molar-refractivity contribution in [3.05, 3.63) is 94.5 Å². The smallest absolute Gasteiger partial charge is 0.256 e. The van der Waals surface area contributed by atoms with Crippen molar-refractivity contribution in [2.24, 2.45) is 0 Å². The van der Waals surface area contributed by atoms with E-state index in [4.69, 9.17) is 5.11 Å². The Morgan fingerprint density at radius 1 is 0.862 bits per heavy atom. The summed E-state index contributed by atoms with van der Waals surface area (Å²) in [6, 6.07) is 18.5. The van der Waals surface area contributed by atoms with Gasteiger partial charge in [0.25, 0.3) is 5.91 Å². The second kappa shape index (κ2) is 8.86. The second-order valence-corrected chi connectivity index (χ2v) is 6.70. The van der Waals surface area contributed by atoms with E-state index < -0.39 is 0 Å². The van der Waals surface area contributed by atoms with Crippen LogP contribution in [-0.2, 0) is 0 Å². The first-order valence-electron chi connectivity index (χ1n) is 9.01. The number of nitrogens with one attached hydrogen (secondary N) is 1. The zero-order chi connectivity index (χ0) is 21.0. The molecule has 29 heavy (non-hydrogen) atoms. The van der Waals surface area contributed by atoms with E-state index in [1.54, 1.807) is 73.7 Å². The fourth-order valence-corrected chi connectivity index (χ4v) is 3.37. The van der Waals surface area contributed by atoms with Crippen LogP contribution in [0.25, 0.3) is 0 Å². The zero-order valence-corrected chi connectivity index (χ0v) is 16.6. The van der Waals surface area contributed by atoms with Gasteiger partial charge in [-0.25, -0.2) is 0 Å². The molecule has 3 aromatic rings. The van der Waals surface area contributed by atoms with Crippen molar-refractivity contribution in [2.75, 3.05) is 11.9 Å². The highest BCUT2D eigenvalue weighted by Gasteiger charge is 2.31. The molecule has 1 aliphatic carbocycles. The van der Waals surface area contributed by atoms with Gasteiger partial charge in [-0.3, -0.25) is 14.4 Å². The minimum atomic E-state index is -0.386. The summed E-state index contributed by atoms with van der Waals surface area (Å²) in [7, 11) is 0. The van der Waals surface area contributed by atoms with E-state index in [-0.39, 0.29) is 29.6 Å². The number of rotatable bonds is 2. The van der Waals surface area contributed by atoms with E-state index in [1.165, 1.54) is 0 Å². The third kappa shape index (κ3) is 3.99. The van der Waals surface area contributed by atoms with Crippen LogP contribution in [0.1, 0.15) is 49.1 Å². The highest BCUT2D eigenvalue weighted by Crippen LogP contribution is 2.32. The molecule has 0 saturated heterocycles. The highest BCUT2D eigenvalue weighted by molar-refractivity contribution is 7.80. The SMILES string of the molecule is CCO.O=C(Nc1cccc2c1C(=O)c1ccccc1C2=O)c1ccccc1S. The average molecular weight is 405 g/mol. The Morgan fingerprint density at radius 3 is 2.07 bits per heavy atom. The van der Waals surface area contributed by atoms with Crippen molar-refractivity contribution in [1.29, 1.82) is 0 Å². The monoisotopic (exact) mass is 405 g/mol. The van der Waals surface area contributed by atoms with Crippen molar-refractivity contribution < 1.29 is 19.5 Å². The highest BCUT2D eigenvalue weighted by atomic mass is 32.1. The molecule has 5 nitrogen and oxygen atoms in total. The third-order valence-corrected chi connectivity index (χ3v) is 4.74. The molecule has 0 fully saturated rings. The Morgan fingerprint density at radius 2 is 1.41 bits per heavy atom. The van der Waals surface area contributed by atoms with Crippen LogP contribution in [-0.4, -0.2) is 29.2 Å². The maximum atomic E-state index is 12.9. The maximum Gasteiger partial charge on any atom is 0.256 e. The summed E-state index contributed by atoms with van der Waals surface area (Å²) in [5, 5.41) is 10.3. The minimum absolute atomic E-state index is 0.221. The molecule has 0 unspecified atom stereocenters. The van der Waals surface area contributed by atoms with Gasteiger partial charge in [0, 0.05) is 28.2 Å². The van der Waals surface area contributed by atoms with Gasteiger partial charge in [-0.15, -0.1) is 12.6 Å². The van der Waals surface area contributed by atoms with Crippen LogP contribution in [0, 0.1) is 0 Å². The quantitative estimate of drug-likeness (QED) is 0.440. The minimum Gasteiger partial charge on any atom is -0.397 e. The van der Waals surface area contributed by atoms with Crippen molar-refractivity contribution in [1.82, 2.24) is 0 Å². The number of carbonyl (C=O) groups is 3. The molecule has 0 saturated carbocycles. The first-order valence-corrected chi connectivity index (χ1v) is 9.46. The summed E-state index contributed by atoms with van der Waals surface area (Å²) in [6.45, 7) is 1.93. The number of aliphatic hydroxyl groups is 1. The average Bonchev–Trinajstić information content (AvgIpc) is 2.73. The van der Waals surface area contributed by atoms with Gasteiger partial charge >= 0.3 is 0 Å². The number of anilines is 1. The zero-order valence-electron chi connectivity index (χ0n) is 15.7. The standard InChI is InChI=1S/C21H13NO3S.C2H6O/c23-19-12-6-1-2-7-13(12)20(24)18-15(19)9-5-10-16(18)22-21(25)14-8-3-4-11-17(14)26;1-2-3/h1-11,26H,(H,22,25);3H,2H2,1H3. The Balaban J connectivity index is 0.000000755. The van der Waals surface area contributed by atoms with Gasteiger partial charge in [0.05, 0.1) is 16.8 Å². The lowest BCUT2D eigenvalue weighted by Gasteiger charge is -2.20. The van der Waals surface area contributed by atoms with E-state index >= 15 is 0 Å². The predicted octanol–water partition coefficient (Wildman–Crippen LogP) is 4.00. The number of aliphatic hydroxyl groups excluding tert-OH is 1. The summed E-state index contributed by atoms with van der Waals surface area (Å²) in [4.78, 5) is 38.8. The van der Waals surface area contributed by atoms with E-state index in [0.29, 0.717) is 32.8 Å². The van der Waals surface area contributed by atoms with Crippen LogP contribution in [0.2, 0.25) is 0 Å². The van der Waals surface area contributed by atoms with Crippen molar-refractivity contribution in [3.63, 3.8) is 0 Å². The molecule has 1 aliphatic rings. The lowest BCUT2D eigenvalue weighted by Crippen LogP contribution is -2.24. The lowest BCUT2D eigenvalue weighted by molar-refractivity contribution is 0.0978. The van der Waals surface area contributed by atoms with E-state index in [0.717, 1.165) is 0 Å². The molecule has 1 amide bonds. The fourth-order valence-electron chi connectivity index (χ4n) is 3.10. The predicted molar refractivity (Wildman–Crippen MR) is 114 cm³/mol. The van der Waals surface area contributed by atoms with E-state index in [1.807, 2.05) is 0 Å². The summed E-state index contributed by atoms with van der Waals surface area (Å²) < 4.78 is 0. The number of carbonyl (C=O) groups excluding carboxylic acids is 3. The summed E-state index contributed by atoms with van der Waals surface area (Å²) >= 11 is 4.29. The molecule has 0 aliphatic heterocycles. The van der Waals surface area contributed by atoms with Crippen molar-refractivity contribution >= 4 is 35.8 Å². The number of benzene rings is 3. The lowest BCUT2D eigenvalue weighted by atomic mass is 9.83. The van der Waals surface area contributed by atoms with Gasteiger partial charge in [-0.2, -0.15) is 0 Å². The number of thiol groups is 1. The summed E-state index contributed by atoms with van der Waals surface area (Å²) in [6.07, 6.45) is 0. The van der Waals surface area contributed by atoms with E-state index in [9.17, 15) is 14.4 Å². The van der Waals surface area contributed by atoms with Gasteiger partial charge in [-0.1, -0.05) is 48.5 Å². The summed E-state index contributed by atoms with van der Waals surface area (Å²) in [5.74, 6) is -0.880. The number of hydrogen-bond acceptors (Lipinski definition) is 5. The Labute approximate surface area is 173 Å². The van der Waals surface area contributed by atoms with Gasteiger partial charge in [0.15, 0.2) is 11.6 Å². The van der Waals surface area contributed by atoms with Gasteiger partial charge in [-0.05, 0) is 25.1 Å². The van der Waals surface area contributed by atoms with Crippen LogP contribution < -0.4 is 5.32 Å². The maximum absolute atomic E-state index is 12.9. The largest absolute Gasteiger partial charge is 0.397 e. The van der Waals surface area contributed by atoms with Crippen LogP contribution in [0.5, 0.6) is 0 Å². The van der Waals surface area contributed by atoms with Crippen LogP contribution in [0.3, 0.4) is 0 Å². The van der Waals surface area contributed by atoms with Crippen LogP contribution in [0.4, 0.5) is 5.69 Å². The molecule has 0 radical (unpaired) electrons. The Kier molecular flexibility index (Phi) is 6.26. The molecule has 4 rings (SSSR count). The second-order valence-electron chi connectivity index (χ2n) is 6.22. The fraction of sp³-hybridized carbons (Fsp3) is 0.0870. The molecule has 146 valence electrons. The topological polar surface area (TPSA) is 83.5 Å². The molecule has 3 aromatic carbocycles. The molecular formula is C23H19NO4S. The molecule has 2 N–H and O–H groups in total. The Hall–Kier alpha value is -3.22. The van der Waals surface area contributed by atoms with Crippen LogP contribution in [0.15, 0.2) is 71.6 Å². The molecule has 0 atom stereocenters. The molecule has 0 heterocycles. The van der Waals surface area contributed by atoms with Crippen molar-refractivity contribution in [2.45, 2.75) is 11.8 Å². The summed E-state index contributed by atoms with van der Waals surface area (Å²) in [5.41, 5.74) is 1.96. The molecule has 0 spiro atoms. The van der Waals surface area contributed by atoms with Crippen molar-refractivity contribution in [3.8, 4) is 0 Å². The van der Waals surface area contributed by atoms with E-state index in [2.05, 4.69) is 17.9 Å². The number of ketones is 2. The Bertz CT molecular complexity index is 1110. The van der Waals surface area contributed by atoms with Crippen LogP contribution >= 0.6 is 12.6 Å². The normalized spacial score (nSPS) is 11.7. The first-order chi connectivity index (χ1) is 14.0. The van der Waals surface area contributed by atoms with Gasteiger partial charge in [0.2, 0.25) is 0 Å². The van der Waals surface area contributed by atoms with Gasteiger partial charge < -0.3 is 10.4 Å². The number of fused-ring (bicyclic) bond motifs is 2. The molecule has 0 aromatic heterocycles. The number of amides is 1. The molecule has 0 bridgehead atoms.